The monoisotopic (exact) mass is 333 g/mol. The van der Waals surface area contributed by atoms with Gasteiger partial charge in [-0.05, 0) is 51.1 Å². The van der Waals surface area contributed by atoms with E-state index in [1.165, 1.54) is 5.56 Å². The van der Waals surface area contributed by atoms with Crippen LogP contribution in [0.2, 0.25) is 5.02 Å². The Kier molecular flexibility index (Phi) is 4.19. The molecule has 0 atom stereocenters. The Balaban J connectivity index is 2.07. The van der Waals surface area contributed by atoms with Crippen molar-refractivity contribution in [2.75, 3.05) is 5.73 Å². The normalized spacial score (nSPS) is 10.6. The molecule has 1 aromatic heterocycles. The molecule has 1 nitrogen and oxygen atoms in total. The SMILES string of the molecule is Nc1ccc(Cl)cc1SCc1csc(Br)c1. The summed E-state index contributed by atoms with van der Waals surface area (Å²) in [5, 5.41) is 2.86. The Morgan fingerprint density at radius 3 is 2.88 bits per heavy atom. The lowest BCUT2D eigenvalue weighted by molar-refractivity contribution is 1.41. The molecule has 5 heteroatoms. The fraction of sp³-hybridized carbons (Fsp3) is 0.0909. The molecule has 84 valence electrons. The standard InChI is InChI=1S/C11H9BrClNS2/c12-11-3-7(6-16-11)5-15-10-4-8(13)1-2-9(10)14/h1-4,6H,5,14H2. The van der Waals surface area contributed by atoms with Gasteiger partial charge in [0.1, 0.15) is 0 Å². The lowest BCUT2D eigenvalue weighted by Crippen LogP contribution is -1.88. The van der Waals surface area contributed by atoms with E-state index in [1.807, 2.05) is 18.2 Å². The first-order valence-electron chi connectivity index (χ1n) is 4.56. The molecule has 0 saturated carbocycles. The van der Waals surface area contributed by atoms with Crippen LogP contribution in [0, 0.1) is 0 Å². The number of hydrogen-bond donors (Lipinski definition) is 1. The third-order valence-corrected chi connectivity index (χ3v) is 4.92. The topological polar surface area (TPSA) is 26.0 Å². The highest BCUT2D eigenvalue weighted by Crippen LogP contribution is 2.32. The smallest absolute Gasteiger partial charge is 0.0701 e. The third kappa shape index (κ3) is 3.17. The molecule has 0 aliphatic heterocycles. The lowest BCUT2D eigenvalue weighted by Gasteiger charge is -2.04. The molecule has 0 fully saturated rings. The van der Waals surface area contributed by atoms with Gasteiger partial charge in [-0.25, -0.2) is 0 Å². The number of anilines is 1. The number of nitrogen functional groups attached to an aromatic ring is 1. The van der Waals surface area contributed by atoms with Gasteiger partial charge in [-0.3, -0.25) is 0 Å². The van der Waals surface area contributed by atoms with E-state index in [0.717, 1.165) is 25.1 Å². The van der Waals surface area contributed by atoms with Crippen LogP contribution in [-0.2, 0) is 5.75 Å². The zero-order valence-corrected chi connectivity index (χ0v) is 12.2. The second-order valence-electron chi connectivity index (χ2n) is 3.23. The van der Waals surface area contributed by atoms with E-state index in [4.69, 9.17) is 17.3 Å². The van der Waals surface area contributed by atoms with Crippen molar-refractivity contribution in [2.24, 2.45) is 0 Å². The largest absolute Gasteiger partial charge is 0.398 e. The van der Waals surface area contributed by atoms with Crippen molar-refractivity contribution in [3.63, 3.8) is 0 Å². The number of rotatable bonds is 3. The molecule has 2 rings (SSSR count). The van der Waals surface area contributed by atoms with Crippen molar-refractivity contribution in [1.29, 1.82) is 0 Å². The average molecular weight is 335 g/mol. The molecule has 0 bridgehead atoms. The summed E-state index contributed by atoms with van der Waals surface area (Å²) >= 11 is 12.8. The van der Waals surface area contributed by atoms with E-state index in [0.29, 0.717) is 0 Å². The van der Waals surface area contributed by atoms with E-state index in [2.05, 4.69) is 27.4 Å². The fourth-order valence-electron chi connectivity index (χ4n) is 1.22. The zero-order chi connectivity index (χ0) is 11.5. The van der Waals surface area contributed by atoms with E-state index in [1.54, 1.807) is 23.1 Å². The first-order chi connectivity index (χ1) is 7.65. The molecule has 0 amide bonds. The van der Waals surface area contributed by atoms with Crippen LogP contribution in [0.1, 0.15) is 5.56 Å². The van der Waals surface area contributed by atoms with Gasteiger partial charge in [0.25, 0.3) is 0 Å². The van der Waals surface area contributed by atoms with Gasteiger partial charge in [-0.2, -0.15) is 0 Å². The Bertz CT molecular complexity index is 498. The predicted molar refractivity (Wildman–Crippen MR) is 77.4 cm³/mol. The summed E-state index contributed by atoms with van der Waals surface area (Å²) in [5.74, 6) is 0.909. The van der Waals surface area contributed by atoms with Crippen molar-refractivity contribution in [1.82, 2.24) is 0 Å². The van der Waals surface area contributed by atoms with E-state index in [9.17, 15) is 0 Å². The number of nitrogens with two attached hydrogens (primary N) is 1. The van der Waals surface area contributed by atoms with Crippen LogP contribution in [0.25, 0.3) is 0 Å². The highest BCUT2D eigenvalue weighted by atomic mass is 79.9. The molecular weight excluding hydrogens is 326 g/mol. The number of thiophene rings is 1. The van der Waals surface area contributed by atoms with Crippen LogP contribution >= 0.6 is 50.6 Å². The lowest BCUT2D eigenvalue weighted by atomic mass is 10.3. The molecule has 0 aliphatic rings. The maximum absolute atomic E-state index is 5.93. The van der Waals surface area contributed by atoms with Gasteiger partial charge in [0, 0.05) is 21.4 Å². The zero-order valence-electron chi connectivity index (χ0n) is 8.24. The van der Waals surface area contributed by atoms with Gasteiger partial charge < -0.3 is 5.73 Å². The molecule has 1 aromatic carbocycles. The van der Waals surface area contributed by atoms with Gasteiger partial charge in [0.2, 0.25) is 0 Å². The van der Waals surface area contributed by atoms with Gasteiger partial charge in [-0.15, -0.1) is 23.1 Å². The van der Waals surface area contributed by atoms with Crippen LogP contribution < -0.4 is 5.73 Å². The Morgan fingerprint density at radius 1 is 1.38 bits per heavy atom. The number of benzene rings is 1. The van der Waals surface area contributed by atoms with Gasteiger partial charge in [-0.1, -0.05) is 11.6 Å². The van der Waals surface area contributed by atoms with E-state index >= 15 is 0 Å². The summed E-state index contributed by atoms with van der Waals surface area (Å²) in [4.78, 5) is 1.04. The summed E-state index contributed by atoms with van der Waals surface area (Å²) < 4.78 is 1.15. The van der Waals surface area contributed by atoms with Crippen molar-refractivity contribution in [3.8, 4) is 0 Å². The third-order valence-electron chi connectivity index (χ3n) is 1.99. The van der Waals surface area contributed by atoms with Crippen molar-refractivity contribution >= 4 is 56.3 Å². The molecule has 0 unspecified atom stereocenters. The maximum atomic E-state index is 5.93. The second-order valence-corrected chi connectivity index (χ2v) is 6.97. The minimum Gasteiger partial charge on any atom is -0.398 e. The van der Waals surface area contributed by atoms with Crippen LogP contribution in [0.4, 0.5) is 5.69 Å². The molecule has 0 radical (unpaired) electrons. The van der Waals surface area contributed by atoms with Gasteiger partial charge in [0.15, 0.2) is 0 Å². The van der Waals surface area contributed by atoms with Gasteiger partial charge >= 0.3 is 0 Å². The molecule has 2 N–H and O–H groups in total. The Hall–Kier alpha value is -0.160. The first kappa shape index (κ1) is 12.3. The molecule has 2 aromatic rings. The van der Waals surface area contributed by atoms with E-state index < -0.39 is 0 Å². The van der Waals surface area contributed by atoms with Crippen LogP contribution in [0.3, 0.4) is 0 Å². The minimum atomic E-state index is 0.725. The summed E-state index contributed by atoms with van der Waals surface area (Å²) in [7, 11) is 0. The van der Waals surface area contributed by atoms with Crippen molar-refractivity contribution in [2.45, 2.75) is 10.6 Å². The predicted octanol–water partition coefficient (Wildman–Crippen LogP) is 5.04. The molecule has 0 saturated heterocycles. The molecule has 0 spiro atoms. The highest BCUT2D eigenvalue weighted by molar-refractivity contribution is 9.11. The summed E-state index contributed by atoms with van der Waals surface area (Å²) in [6.45, 7) is 0. The quantitative estimate of drug-likeness (QED) is 0.628. The van der Waals surface area contributed by atoms with Crippen molar-refractivity contribution < 1.29 is 0 Å². The van der Waals surface area contributed by atoms with Crippen molar-refractivity contribution in [3.05, 3.63) is 44.0 Å². The molecule has 16 heavy (non-hydrogen) atoms. The average Bonchev–Trinajstić information content (AvgIpc) is 2.66. The summed E-state index contributed by atoms with van der Waals surface area (Å²) in [6.07, 6.45) is 0. The number of halogens is 2. The molecular formula is C11H9BrClNS2. The Labute approximate surface area is 116 Å². The summed E-state index contributed by atoms with van der Waals surface area (Å²) in [6, 6.07) is 7.68. The molecule has 0 aliphatic carbocycles. The van der Waals surface area contributed by atoms with Gasteiger partial charge in [0.05, 0.1) is 3.79 Å². The second kappa shape index (κ2) is 5.45. The number of thioether (sulfide) groups is 1. The Morgan fingerprint density at radius 2 is 2.19 bits per heavy atom. The number of hydrogen-bond acceptors (Lipinski definition) is 3. The van der Waals surface area contributed by atoms with Crippen LogP contribution in [-0.4, -0.2) is 0 Å². The summed E-state index contributed by atoms with van der Waals surface area (Å²) in [5.41, 5.74) is 7.95. The van der Waals surface area contributed by atoms with E-state index in [-0.39, 0.29) is 0 Å². The van der Waals surface area contributed by atoms with Crippen LogP contribution in [0.5, 0.6) is 0 Å². The maximum Gasteiger partial charge on any atom is 0.0701 e. The molecule has 1 heterocycles. The fourth-order valence-corrected chi connectivity index (χ4v) is 3.70. The first-order valence-corrected chi connectivity index (χ1v) is 7.59. The van der Waals surface area contributed by atoms with Crippen LogP contribution in [0.15, 0.2) is 38.3 Å². The highest BCUT2D eigenvalue weighted by Gasteiger charge is 2.03. The minimum absolute atomic E-state index is 0.725.